The molecular weight excluding hydrogens is 226 g/mol. The molecule has 1 atom stereocenters. The van der Waals surface area contributed by atoms with Gasteiger partial charge in [-0.1, -0.05) is 18.2 Å². The minimum absolute atomic E-state index is 0.0785. The monoisotopic (exact) mass is 249 g/mol. The van der Waals surface area contributed by atoms with Crippen LogP contribution in [0.3, 0.4) is 0 Å². The van der Waals surface area contributed by atoms with Gasteiger partial charge in [-0.05, 0) is 38.8 Å². The fourth-order valence-corrected chi connectivity index (χ4v) is 2.14. The van der Waals surface area contributed by atoms with Crippen LogP contribution in [0.25, 0.3) is 0 Å². The molecule has 18 heavy (non-hydrogen) atoms. The molecule has 0 amide bonds. The fourth-order valence-electron chi connectivity index (χ4n) is 2.14. The Hall–Kier alpha value is -1.06. The maximum atomic E-state index is 5.91. The molecule has 1 saturated heterocycles. The van der Waals surface area contributed by atoms with E-state index in [1.807, 2.05) is 0 Å². The Morgan fingerprint density at radius 2 is 2.00 bits per heavy atom. The predicted molar refractivity (Wildman–Crippen MR) is 73.2 cm³/mol. The van der Waals surface area contributed by atoms with Crippen LogP contribution in [0.2, 0.25) is 0 Å². The smallest absolute Gasteiger partial charge is 0.125 e. The van der Waals surface area contributed by atoms with Crippen molar-refractivity contribution in [3.63, 3.8) is 0 Å². The number of nitrogens with one attached hydrogen (secondary N) is 1. The molecule has 1 aromatic carbocycles. The number of rotatable bonds is 3. The lowest BCUT2D eigenvalue weighted by Gasteiger charge is -2.35. The molecule has 1 aliphatic heterocycles. The maximum Gasteiger partial charge on any atom is 0.125 e. The van der Waals surface area contributed by atoms with E-state index in [1.54, 1.807) is 0 Å². The quantitative estimate of drug-likeness (QED) is 0.892. The number of hydrogen-bond donors (Lipinski definition) is 1. The van der Waals surface area contributed by atoms with E-state index >= 15 is 0 Å². The molecule has 1 aliphatic rings. The zero-order valence-corrected chi connectivity index (χ0v) is 11.7. The summed E-state index contributed by atoms with van der Waals surface area (Å²) in [7, 11) is 0. The molecule has 0 aromatic heterocycles. The normalized spacial score (nSPS) is 22.8. The first-order valence-electron chi connectivity index (χ1n) is 6.53. The highest BCUT2D eigenvalue weighted by Crippen LogP contribution is 2.23. The Morgan fingerprint density at radius 3 is 2.56 bits per heavy atom. The van der Waals surface area contributed by atoms with E-state index in [-0.39, 0.29) is 11.6 Å². The van der Waals surface area contributed by atoms with Crippen molar-refractivity contribution in [2.24, 2.45) is 0 Å². The average Bonchev–Trinajstić information content (AvgIpc) is 2.30. The number of hydrogen-bond acceptors (Lipinski definition) is 3. The van der Waals surface area contributed by atoms with Crippen molar-refractivity contribution in [3.05, 3.63) is 29.3 Å². The number of aryl methyl sites for hydroxylation is 2. The molecular formula is C15H23NO2. The highest BCUT2D eigenvalue weighted by Gasteiger charge is 2.27. The summed E-state index contributed by atoms with van der Waals surface area (Å²) in [5, 5.41) is 3.47. The van der Waals surface area contributed by atoms with Crippen LogP contribution in [0.4, 0.5) is 0 Å². The van der Waals surface area contributed by atoms with E-state index in [2.05, 4.69) is 51.2 Å². The second kappa shape index (κ2) is 5.29. The second-order valence-corrected chi connectivity index (χ2v) is 5.73. The van der Waals surface area contributed by atoms with E-state index in [0.29, 0.717) is 6.61 Å². The summed E-state index contributed by atoms with van der Waals surface area (Å²) >= 11 is 0. The van der Waals surface area contributed by atoms with Gasteiger partial charge in [0.15, 0.2) is 0 Å². The third-order valence-electron chi connectivity index (χ3n) is 3.31. The summed E-state index contributed by atoms with van der Waals surface area (Å²) in [4.78, 5) is 0. The van der Waals surface area contributed by atoms with Crippen LogP contribution in [-0.4, -0.2) is 31.4 Å². The van der Waals surface area contributed by atoms with E-state index in [9.17, 15) is 0 Å². The molecule has 1 N–H and O–H groups in total. The lowest BCUT2D eigenvalue weighted by molar-refractivity contribution is -0.0413. The summed E-state index contributed by atoms with van der Waals surface area (Å²) in [6, 6.07) is 6.20. The van der Waals surface area contributed by atoms with Crippen LogP contribution < -0.4 is 10.1 Å². The van der Waals surface area contributed by atoms with Crippen molar-refractivity contribution in [1.82, 2.24) is 5.32 Å². The van der Waals surface area contributed by atoms with Gasteiger partial charge in [-0.15, -0.1) is 0 Å². The summed E-state index contributed by atoms with van der Waals surface area (Å²) < 4.78 is 11.7. The minimum atomic E-state index is 0.0785. The van der Waals surface area contributed by atoms with Crippen molar-refractivity contribution in [2.45, 2.75) is 39.3 Å². The Labute approximate surface area is 109 Å². The molecule has 1 aromatic rings. The van der Waals surface area contributed by atoms with Crippen LogP contribution >= 0.6 is 0 Å². The zero-order chi connectivity index (χ0) is 13.2. The highest BCUT2D eigenvalue weighted by atomic mass is 16.5. The Kier molecular flexibility index (Phi) is 3.93. The zero-order valence-electron chi connectivity index (χ0n) is 11.7. The first kappa shape index (κ1) is 13.4. The summed E-state index contributed by atoms with van der Waals surface area (Å²) in [6.45, 7) is 10.6. The molecule has 0 radical (unpaired) electrons. The Bertz CT molecular complexity index is 385. The SMILES string of the molecule is Cc1cccc(C)c1OCC1CNC(C)(C)CO1. The van der Waals surface area contributed by atoms with Crippen molar-refractivity contribution < 1.29 is 9.47 Å². The minimum Gasteiger partial charge on any atom is -0.490 e. The van der Waals surface area contributed by atoms with Crippen LogP contribution in [0.15, 0.2) is 18.2 Å². The second-order valence-electron chi connectivity index (χ2n) is 5.73. The van der Waals surface area contributed by atoms with Gasteiger partial charge in [0.25, 0.3) is 0 Å². The molecule has 0 bridgehead atoms. The van der Waals surface area contributed by atoms with Crippen molar-refractivity contribution in [3.8, 4) is 5.75 Å². The molecule has 2 rings (SSSR count). The lowest BCUT2D eigenvalue weighted by Crippen LogP contribution is -2.54. The van der Waals surface area contributed by atoms with Crippen molar-refractivity contribution in [2.75, 3.05) is 19.8 Å². The van der Waals surface area contributed by atoms with E-state index in [0.717, 1.165) is 18.9 Å². The van der Waals surface area contributed by atoms with Gasteiger partial charge in [-0.25, -0.2) is 0 Å². The Morgan fingerprint density at radius 1 is 1.33 bits per heavy atom. The van der Waals surface area contributed by atoms with Gasteiger partial charge >= 0.3 is 0 Å². The number of ether oxygens (including phenoxy) is 2. The molecule has 100 valence electrons. The average molecular weight is 249 g/mol. The van der Waals surface area contributed by atoms with E-state index in [1.165, 1.54) is 11.1 Å². The lowest BCUT2D eigenvalue weighted by atomic mass is 10.1. The third-order valence-corrected chi connectivity index (χ3v) is 3.31. The highest BCUT2D eigenvalue weighted by molar-refractivity contribution is 5.39. The largest absolute Gasteiger partial charge is 0.490 e. The molecule has 0 saturated carbocycles. The topological polar surface area (TPSA) is 30.5 Å². The molecule has 3 nitrogen and oxygen atoms in total. The van der Waals surface area contributed by atoms with Gasteiger partial charge < -0.3 is 14.8 Å². The van der Waals surface area contributed by atoms with Crippen molar-refractivity contribution in [1.29, 1.82) is 0 Å². The molecule has 1 heterocycles. The van der Waals surface area contributed by atoms with Gasteiger partial charge in [0.05, 0.1) is 6.61 Å². The fraction of sp³-hybridized carbons (Fsp3) is 0.600. The first-order valence-corrected chi connectivity index (χ1v) is 6.53. The molecule has 1 fully saturated rings. The van der Waals surface area contributed by atoms with Crippen molar-refractivity contribution >= 4 is 0 Å². The Balaban J connectivity index is 1.89. The number of benzene rings is 1. The molecule has 3 heteroatoms. The van der Waals surface area contributed by atoms with Crippen LogP contribution in [0, 0.1) is 13.8 Å². The van der Waals surface area contributed by atoms with E-state index in [4.69, 9.17) is 9.47 Å². The summed E-state index contributed by atoms with van der Waals surface area (Å²) in [6.07, 6.45) is 0.136. The number of morpholine rings is 1. The predicted octanol–water partition coefficient (Wildman–Crippen LogP) is 2.45. The molecule has 0 aliphatic carbocycles. The first-order chi connectivity index (χ1) is 8.48. The van der Waals surface area contributed by atoms with Gasteiger partial charge in [0.1, 0.15) is 18.5 Å². The van der Waals surface area contributed by atoms with Crippen LogP contribution in [-0.2, 0) is 4.74 Å². The summed E-state index contributed by atoms with van der Waals surface area (Å²) in [5.41, 5.74) is 2.44. The van der Waals surface area contributed by atoms with Gasteiger partial charge in [-0.2, -0.15) is 0 Å². The van der Waals surface area contributed by atoms with Crippen LogP contribution in [0.1, 0.15) is 25.0 Å². The summed E-state index contributed by atoms with van der Waals surface area (Å²) in [5.74, 6) is 0.992. The maximum absolute atomic E-state index is 5.91. The molecule has 1 unspecified atom stereocenters. The molecule has 0 spiro atoms. The van der Waals surface area contributed by atoms with Crippen LogP contribution in [0.5, 0.6) is 5.75 Å². The van der Waals surface area contributed by atoms with Gasteiger partial charge in [0, 0.05) is 12.1 Å². The van der Waals surface area contributed by atoms with E-state index < -0.39 is 0 Å². The standard InChI is InChI=1S/C15H23NO2/c1-11-6-5-7-12(2)14(11)17-9-13-8-16-15(3,4)10-18-13/h5-7,13,16H,8-10H2,1-4H3. The van der Waals surface area contributed by atoms with Gasteiger partial charge in [0.2, 0.25) is 0 Å². The number of para-hydroxylation sites is 1. The third kappa shape index (κ3) is 3.24. The van der Waals surface area contributed by atoms with Gasteiger partial charge in [-0.3, -0.25) is 0 Å².